The molecule has 1 aliphatic rings. The van der Waals surface area contributed by atoms with E-state index in [1.165, 1.54) is 27.5 Å². The number of carbonyl (C=O) groups is 1. The lowest BCUT2D eigenvalue weighted by atomic mass is 9.86. The number of nitro benzene ring substituents is 1. The molecule has 1 aromatic carbocycles. The van der Waals surface area contributed by atoms with Crippen molar-refractivity contribution in [3.63, 3.8) is 0 Å². The summed E-state index contributed by atoms with van der Waals surface area (Å²) in [6.07, 6.45) is 1.37. The smallest absolute Gasteiger partial charge is 0.269 e. The highest BCUT2D eigenvalue weighted by atomic mass is 16.6. The van der Waals surface area contributed by atoms with E-state index < -0.39 is 10.8 Å². The first-order valence-corrected chi connectivity index (χ1v) is 7.44. The van der Waals surface area contributed by atoms with Crippen molar-refractivity contribution in [2.45, 2.75) is 12.3 Å². The maximum Gasteiger partial charge on any atom is 0.269 e. The Hall–Kier alpha value is -3.56. The third-order valence-corrected chi connectivity index (χ3v) is 4.33. The van der Waals surface area contributed by atoms with Gasteiger partial charge in [-0.25, -0.2) is 0 Å². The quantitative estimate of drug-likeness (QED) is 0.544. The molecular weight excluding hydrogens is 328 g/mol. The molecule has 1 N–H and O–H groups in total. The van der Waals surface area contributed by atoms with Crippen LogP contribution in [0.4, 0.5) is 11.5 Å². The van der Waals surface area contributed by atoms with Gasteiger partial charge in [-0.05, 0) is 5.56 Å². The molecule has 10 heteroatoms. The van der Waals surface area contributed by atoms with Gasteiger partial charge in [0.1, 0.15) is 12.1 Å². The number of fused-ring (bicyclic) bond motifs is 3. The number of rotatable bonds is 2. The van der Waals surface area contributed by atoms with Crippen molar-refractivity contribution < 1.29 is 9.72 Å². The predicted molar refractivity (Wildman–Crippen MR) is 86.4 cm³/mol. The van der Waals surface area contributed by atoms with E-state index in [9.17, 15) is 19.7 Å². The Morgan fingerprint density at radius 2 is 2.00 bits per heavy atom. The van der Waals surface area contributed by atoms with Crippen LogP contribution in [0, 0.1) is 10.1 Å². The van der Waals surface area contributed by atoms with Crippen LogP contribution in [0.25, 0.3) is 5.78 Å². The van der Waals surface area contributed by atoms with E-state index in [-0.39, 0.29) is 29.4 Å². The van der Waals surface area contributed by atoms with Crippen molar-refractivity contribution >= 4 is 23.2 Å². The summed E-state index contributed by atoms with van der Waals surface area (Å²) in [7, 11) is 1.58. The summed E-state index contributed by atoms with van der Waals surface area (Å²) in [4.78, 5) is 39.3. The van der Waals surface area contributed by atoms with Gasteiger partial charge in [-0.2, -0.15) is 14.6 Å². The Labute approximate surface area is 139 Å². The molecule has 1 atom stereocenters. The summed E-state index contributed by atoms with van der Waals surface area (Å²) in [5.74, 6) is -0.179. The Morgan fingerprint density at radius 1 is 1.28 bits per heavy atom. The topological polar surface area (TPSA) is 124 Å². The minimum absolute atomic E-state index is 0.0520. The maximum atomic E-state index is 12.8. The van der Waals surface area contributed by atoms with Gasteiger partial charge in [0.25, 0.3) is 11.2 Å². The van der Waals surface area contributed by atoms with E-state index in [2.05, 4.69) is 15.4 Å². The van der Waals surface area contributed by atoms with E-state index in [4.69, 9.17) is 0 Å². The molecule has 3 heterocycles. The van der Waals surface area contributed by atoms with Gasteiger partial charge in [0.2, 0.25) is 11.7 Å². The lowest BCUT2D eigenvalue weighted by Gasteiger charge is -2.25. The van der Waals surface area contributed by atoms with Crippen molar-refractivity contribution in [1.29, 1.82) is 0 Å². The first kappa shape index (κ1) is 15.0. The molecule has 4 rings (SSSR count). The average molecular weight is 340 g/mol. The lowest BCUT2D eigenvalue weighted by Crippen LogP contribution is -2.35. The number of non-ortho nitro benzene ring substituents is 1. The molecule has 0 saturated carbocycles. The van der Waals surface area contributed by atoms with Gasteiger partial charge in [0, 0.05) is 31.5 Å². The molecule has 1 amide bonds. The first-order valence-electron chi connectivity index (χ1n) is 7.44. The Kier molecular flexibility index (Phi) is 3.14. The van der Waals surface area contributed by atoms with Crippen LogP contribution in [-0.2, 0) is 11.8 Å². The number of anilines is 1. The number of nitrogens with zero attached hydrogens (tertiary/aromatic N) is 5. The fourth-order valence-corrected chi connectivity index (χ4v) is 3.13. The number of carbonyl (C=O) groups excluding carboxylic acids is 1. The molecule has 1 unspecified atom stereocenters. The van der Waals surface area contributed by atoms with Crippen LogP contribution in [-0.4, -0.2) is 30.0 Å². The molecule has 0 fully saturated rings. The fraction of sp³-hybridized carbons (Fsp3) is 0.200. The maximum absolute atomic E-state index is 12.8. The van der Waals surface area contributed by atoms with Crippen molar-refractivity contribution in [2.24, 2.45) is 7.05 Å². The normalized spacial score (nSPS) is 16.5. The average Bonchev–Trinajstić information content (AvgIpc) is 3.09. The second-order valence-corrected chi connectivity index (χ2v) is 5.75. The van der Waals surface area contributed by atoms with Gasteiger partial charge < -0.3 is 5.32 Å². The highest BCUT2D eigenvalue weighted by molar-refractivity contribution is 5.94. The molecule has 25 heavy (non-hydrogen) atoms. The van der Waals surface area contributed by atoms with Gasteiger partial charge in [0.15, 0.2) is 0 Å². The van der Waals surface area contributed by atoms with E-state index >= 15 is 0 Å². The van der Waals surface area contributed by atoms with Crippen LogP contribution in [0.3, 0.4) is 0 Å². The standard InChI is InChI=1S/C15H12N6O4/c1-19-14(23)12-10(8-2-4-9(5-3-8)21(24)25)6-11(22)18-13(12)20-15(19)16-7-17-20/h2-5,7,10H,6H2,1H3,(H,18,22). The molecule has 0 bridgehead atoms. The number of amides is 1. The lowest BCUT2D eigenvalue weighted by molar-refractivity contribution is -0.384. The van der Waals surface area contributed by atoms with Gasteiger partial charge in [-0.1, -0.05) is 12.1 Å². The fourth-order valence-electron chi connectivity index (χ4n) is 3.13. The zero-order chi connectivity index (χ0) is 17.7. The van der Waals surface area contributed by atoms with E-state index in [1.54, 1.807) is 19.2 Å². The summed E-state index contributed by atoms with van der Waals surface area (Å²) in [5.41, 5.74) is 0.690. The molecule has 0 saturated heterocycles. The minimum Gasteiger partial charge on any atom is -0.310 e. The summed E-state index contributed by atoms with van der Waals surface area (Å²) in [5, 5.41) is 17.6. The third kappa shape index (κ3) is 2.18. The Morgan fingerprint density at radius 3 is 2.68 bits per heavy atom. The third-order valence-electron chi connectivity index (χ3n) is 4.33. The van der Waals surface area contributed by atoms with Crippen LogP contribution < -0.4 is 10.9 Å². The molecule has 2 aromatic heterocycles. The number of benzene rings is 1. The Balaban J connectivity index is 1.95. The number of hydrogen-bond acceptors (Lipinski definition) is 6. The Bertz CT molecular complexity index is 1080. The summed E-state index contributed by atoms with van der Waals surface area (Å²) in [6, 6.07) is 5.85. The molecule has 0 spiro atoms. The molecule has 10 nitrogen and oxygen atoms in total. The van der Waals surface area contributed by atoms with Crippen molar-refractivity contribution in [3.05, 3.63) is 62.2 Å². The molecule has 126 valence electrons. The second-order valence-electron chi connectivity index (χ2n) is 5.75. The molecule has 1 aliphatic heterocycles. The van der Waals surface area contributed by atoms with Crippen LogP contribution in [0.1, 0.15) is 23.5 Å². The summed E-state index contributed by atoms with van der Waals surface area (Å²) >= 11 is 0. The first-order chi connectivity index (χ1) is 12.0. The van der Waals surface area contributed by atoms with Gasteiger partial charge in [-0.15, -0.1) is 0 Å². The van der Waals surface area contributed by atoms with E-state index in [1.807, 2.05) is 0 Å². The number of hydrogen-bond donors (Lipinski definition) is 1. The van der Waals surface area contributed by atoms with Crippen molar-refractivity contribution in [1.82, 2.24) is 19.2 Å². The van der Waals surface area contributed by atoms with Gasteiger partial charge in [0.05, 0.1) is 10.5 Å². The molecule has 0 aliphatic carbocycles. The highest BCUT2D eigenvalue weighted by Gasteiger charge is 2.33. The van der Waals surface area contributed by atoms with E-state index in [0.717, 1.165) is 0 Å². The second kappa shape index (κ2) is 5.23. The van der Waals surface area contributed by atoms with Crippen LogP contribution in [0.5, 0.6) is 0 Å². The molecular formula is C15H12N6O4. The van der Waals surface area contributed by atoms with Crippen molar-refractivity contribution in [3.8, 4) is 0 Å². The number of nitrogens with one attached hydrogen (secondary N) is 1. The zero-order valence-corrected chi connectivity index (χ0v) is 13.0. The molecule has 3 aromatic rings. The monoisotopic (exact) mass is 340 g/mol. The number of nitro groups is 1. The largest absolute Gasteiger partial charge is 0.310 e. The zero-order valence-electron chi connectivity index (χ0n) is 13.0. The highest BCUT2D eigenvalue weighted by Crippen LogP contribution is 2.35. The number of aromatic nitrogens is 4. The minimum atomic E-state index is -0.517. The SMILES string of the molecule is Cn1c(=O)c2c(n3ncnc13)NC(=O)CC2c1ccc([N+](=O)[O-])cc1. The molecule has 0 radical (unpaired) electrons. The summed E-state index contributed by atoms with van der Waals surface area (Å²) < 4.78 is 2.77. The van der Waals surface area contributed by atoms with Gasteiger partial charge >= 0.3 is 0 Å². The van der Waals surface area contributed by atoms with Gasteiger partial charge in [-0.3, -0.25) is 24.3 Å². The van der Waals surface area contributed by atoms with Crippen molar-refractivity contribution in [2.75, 3.05) is 5.32 Å². The van der Waals surface area contributed by atoms with Crippen LogP contribution >= 0.6 is 0 Å². The number of aryl methyl sites for hydroxylation is 1. The summed E-state index contributed by atoms with van der Waals surface area (Å²) in [6.45, 7) is 0. The van der Waals surface area contributed by atoms with Crippen LogP contribution in [0.15, 0.2) is 35.4 Å². The van der Waals surface area contributed by atoms with Crippen LogP contribution in [0.2, 0.25) is 0 Å². The predicted octanol–water partition coefficient (Wildman–Crippen LogP) is 0.810. The van der Waals surface area contributed by atoms with E-state index in [0.29, 0.717) is 16.9 Å².